The molecule has 142 valence electrons. The van der Waals surface area contributed by atoms with Crippen LogP contribution in [0, 0.1) is 6.92 Å². The average Bonchev–Trinajstić information content (AvgIpc) is 3.15. The van der Waals surface area contributed by atoms with Crippen molar-refractivity contribution in [2.75, 3.05) is 0 Å². The van der Waals surface area contributed by atoms with Crippen molar-refractivity contribution >= 4 is 28.6 Å². The summed E-state index contributed by atoms with van der Waals surface area (Å²) in [5, 5.41) is 29.0. The van der Waals surface area contributed by atoms with Crippen LogP contribution in [0.5, 0.6) is 17.4 Å². The van der Waals surface area contributed by atoms with Gasteiger partial charge in [0.2, 0.25) is 0 Å². The summed E-state index contributed by atoms with van der Waals surface area (Å²) < 4.78 is 6.33. The molecule has 0 aliphatic carbocycles. The molecule has 0 saturated heterocycles. The van der Waals surface area contributed by atoms with Crippen molar-refractivity contribution in [3.8, 4) is 34.3 Å². The zero-order chi connectivity index (χ0) is 20.0. The second kappa shape index (κ2) is 6.46. The number of H-pyrrole nitrogens is 1. The third kappa shape index (κ3) is 2.78. The zero-order valence-electron chi connectivity index (χ0n) is 14.5. The largest absolute Gasteiger partial charge is 0.508 e. The van der Waals surface area contributed by atoms with Crippen LogP contribution in [-0.2, 0) is 0 Å². The molecular weight excluding hydrogens is 386 g/mol. The molecule has 2 heterocycles. The van der Waals surface area contributed by atoms with E-state index in [4.69, 9.17) is 22.1 Å². The van der Waals surface area contributed by atoms with Crippen LogP contribution in [0.25, 0.3) is 27.8 Å². The van der Waals surface area contributed by atoms with Crippen molar-refractivity contribution in [3.05, 3.63) is 47.1 Å². The van der Waals surface area contributed by atoms with E-state index in [2.05, 4.69) is 15.3 Å². The molecular formula is C18H14ClN5O4. The minimum Gasteiger partial charge on any atom is -0.508 e. The first-order chi connectivity index (χ1) is 13.4. The number of hydrogen-bond acceptors (Lipinski definition) is 6. The van der Waals surface area contributed by atoms with Crippen molar-refractivity contribution in [1.82, 2.24) is 20.0 Å². The number of fused-ring (bicyclic) bond motifs is 1. The number of aromatic hydroxyl groups is 2. The number of aryl methyl sites for hydroxylation is 1. The summed E-state index contributed by atoms with van der Waals surface area (Å²) in [5.41, 5.74) is 7.81. The maximum atomic E-state index is 11.4. The van der Waals surface area contributed by atoms with Gasteiger partial charge in [0, 0.05) is 22.5 Å². The van der Waals surface area contributed by atoms with Gasteiger partial charge in [0.05, 0.1) is 0 Å². The van der Waals surface area contributed by atoms with Crippen LogP contribution in [0.4, 0.5) is 4.79 Å². The quantitative estimate of drug-likeness (QED) is 0.417. The predicted octanol–water partition coefficient (Wildman–Crippen LogP) is 3.25. The lowest BCUT2D eigenvalue weighted by atomic mass is 10.0. The Morgan fingerprint density at radius 3 is 2.79 bits per heavy atom. The van der Waals surface area contributed by atoms with Crippen LogP contribution in [0.2, 0.25) is 5.15 Å². The first kappa shape index (κ1) is 17.7. The molecule has 0 radical (unpaired) electrons. The summed E-state index contributed by atoms with van der Waals surface area (Å²) in [6.45, 7) is 1.84. The molecule has 0 spiro atoms. The number of carbonyl (C=O) groups is 1. The molecule has 4 rings (SSSR count). The molecule has 0 aliphatic rings. The van der Waals surface area contributed by atoms with E-state index in [9.17, 15) is 15.0 Å². The van der Waals surface area contributed by atoms with Gasteiger partial charge in [0.15, 0.2) is 0 Å². The molecule has 0 saturated carbocycles. The first-order valence-corrected chi connectivity index (χ1v) is 8.47. The van der Waals surface area contributed by atoms with E-state index in [-0.39, 0.29) is 28.8 Å². The Kier molecular flexibility index (Phi) is 4.08. The lowest BCUT2D eigenvalue weighted by molar-refractivity contribution is 0.209. The van der Waals surface area contributed by atoms with Crippen molar-refractivity contribution < 1.29 is 19.7 Å². The standard InChI is InChI=1S/C18H14ClN5O4/c1-8-14-10(3-2-4-11(14)21-16(8)19)15-17(28-18(20)27)22-23-24(15)12-6-5-9(25)7-13(12)26/h2-7,21,25-26H,1H3,(H2,20,27). The number of hydrogen-bond donors (Lipinski definition) is 4. The monoisotopic (exact) mass is 399 g/mol. The van der Waals surface area contributed by atoms with Crippen molar-refractivity contribution in [1.29, 1.82) is 0 Å². The molecule has 1 amide bonds. The van der Waals surface area contributed by atoms with Gasteiger partial charge in [-0.05, 0) is 30.7 Å². The van der Waals surface area contributed by atoms with E-state index in [1.807, 2.05) is 13.0 Å². The fourth-order valence-corrected chi connectivity index (χ4v) is 3.30. The Labute approximate surface area is 162 Å². The molecule has 0 atom stereocenters. The Hall–Kier alpha value is -3.72. The highest BCUT2D eigenvalue weighted by Crippen LogP contribution is 2.40. The van der Waals surface area contributed by atoms with Gasteiger partial charge in [0.1, 0.15) is 28.0 Å². The number of nitrogens with one attached hydrogen (secondary N) is 1. The van der Waals surface area contributed by atoms with Crippen molar-refractivity contribution in [2.24, 2.45) is 5.73 Å². The molecule has 0 fully saturated rings. The second-order valence-electron chi connectivity index (χ2n) is 6.04. The number of rotatable bonds is 3. The van der Waals surface area contributed by atoms with Crippen LogP contribution < -0.4 is 10.5 Å². The molecule has 28 heavy (non-hydrogen) atoms. The third-order valence-corrected chi connectivity index (χ3v) is 4.67. The smallest absolute Gasteiger partial charge is 0.411 e. The summed E-state index contributed by atoms with van der Waals surface area (Å²) in [7, 11) is 0. The van der Waals surface area contributed by atoms with Crippen molar-refractivity contribution in [2.45, 2.75) is 6.92 Å². The number of phenolic OH excluding ortho intramolecular Hbond substituents is 2. The second-order valence-corrected chi connectivity index (χ2v) is 6.42. The Morgan fingerprint density at radius 1 is 1.29 bits per heavy atom. The Balaban J connectivity index is 2.05. The summed E-state index contributed by atoms with van der Waals surface area (Å²) in [4.78, 5) is 14.4. The van der Waals surface area contributed by atoms with Gasteiger partial charge in [-0.25, -0.2) is 9.48 Å². The zero-order valence-corrected chi connectivity index (χ0v) is 15.2. The highest BCUT2D eigenvalue weighted by Gasteiger charge is 2.24. The lowest BCUT2D eigenvalue weighted by Crippen LogP contribution is -2.17. The summed E-state index contributed by atoms with van der Waals surface area (Å²) >= 11 is 6.24. The SMILES string of the molecule is Cc1c(Cl)[nH]c2cccc(-c3c(OC(N)=O)nnn3-c3ccc(O)cc3O)c12. The highest BCUT2D eigenvalue weighted by molar-refractivity contribution is 6.32. The number of aromatic amines is 1. The van der Waals surface area contributed by atoms with Gasteiger partial charge >= 0.3 is 6.09 Å². The number of aromatic nitrogens is 4. The minimum atomic E-state index is -1.06. The fourth-order valence-electron chi connectivity index (χ4n) is 3.10. The number of halogens is 1. The number of nitrogens with zero attached hydrogens (tertiary/aromatic N) is 3. The molecule has 9 nitrogen and oxygen atoms in total. The lowest BCUT2D eigenvalue weighted by Gasteiger charge is -2.11. The molecule has 10 heteroatoms. The van der Waals surface area contributed by atoms with Crippen LogP contribution >= 0.6 is 11.6 Å². The highest BCUT2D eigenvalue weighted by atomic mass is 35.5. The predicted molar refractivity (Wildman–Crippen MR) is 102 cm³/mol. The summed E-state index contributed by atoms with van der Waals surface area (Å²) in [5.74, 6) is -0.496. The van der Waals surface area contributed by atoms with Gasteiger partial charge < -0.3 is 25.7 Å². The van der Waals surface area contributed by atoms with E-state index < -0.39 is 6.09 Å². The van der Waals surface area contributed by atoms with Gasteiger partial charge in [0.25, 0.3) is 5.88 Å². The topological polar surface area (TPSA) is 139 Å². The molecule has 0 aliphatic heterocycles. The number of carbonyl (C=O) groups excluding carboxylic acids is 1. The fraction of sp³-hybridized carbons (Fsp3) is 0.0556. The van der Waals surface area contributed by atoms with Gasteiger partial charge in [-0.3, -0.25) is 0 Å². The third-order valence-electron chi connectivity index (χ3n) is 4.29. The average molecular weight is 400 g/mol. The maximum absolute atomic E-state index is 11.4. The summed E-state index contributed by atoms with van der Waals surface area (Å²) in [6.07, 6.45) is -1.06. The van der Waals surface area contributed by atoms with Crippen LogP contribution in [0.1, 0.15) is 5.56 Å². The number of nitrogens with two attached hydrogens (primary N) is 1. The van der Waals surface area contributed by atoms with Crippen LogP contribution in [-0.4, -0.2) is 36.3 Å². The molecule has 0 bridgehead atoms. The Morgan fingerprint density at radius 2 is 2.07 bits per heavy atom. The molecule has 0 unspecified atom stereocenters. The molecule has 5 N–H and O–H groups in total. The number of benzene rings is 2. The van der Waals surface area contributed by atoms with Gasteiger partial charge in [-0.15, -0.1) is 0 Å². The molecule has 2 aromatic heterocycles. The Bertz CT molecular complexity index is 1230. The van der Waals surface area contributed by atoms with E-state index in [0.717, 1.165) is 22.5 Å². The van der Waals surface area contributed by atoms with E-state index in [0.29, 0.717) is 10.7 Å². The summed E-state index contributed by atoms with van der Waals surface area (Å²) in [6, 6.07) is 9.40. The number of amides is 1. The first-order valence-electron chi connectivity index (χ1n) is 8.09. The van der Waals surface area contributed by atoms with E-state index >= 15 is 0 Å². The van der Waals surface area contributed by atoms with Crippen LogP contribution in [0.3, 0.4) is 0 Å². The molecule has 2 aromatic carbocycles. The normalized spacial score (nSPS) is 11.1. The maximum Gasteiger partial charge on any atom is 0.411 e. The van der Waals surface area contributed by atoms with Crippen molar-refractivity contribution in [3.63, 3.8) is 0 Å². The van der Waals surface area contributed by atoms with Gasteiger partial charge in [-0.1, -0.05) is 34.0 Å². The van der Waals surface area contributed by atoms with E-state index in [1.165, 1.54) is 16.8 Å². The van der Waals surface area contributed by atoms with E-state index in [1.54, 1.807) is 12.1 Å². The number of phenols is 2. The minimum absolute atomic E-state index is 0.119. The number of ether oxygens (including phenoxy) is 1. The molecule has 4 aromatic rings. The van der Waals surface area contributed by atoms with Crippen LogP contribution in [0.15, 0.2) is 36.4 Å². The number of primary amides is 1. The van der Waals surface area contributed by atoms with Gasteiger partial charge in [-0.2, -0.15) is 0 Å².